The van der Waals surface area contributed by atoms with Crippen LogP contribution in [0, 0.1) is 17.5 Å². The Morgan fingerprint density at radius 1 is 0.818 bits per heavy atom. The van der Waals surface area contributed by atoms with Crippen LogP contribution in [0.4, 0.5) is 18.9 Å². The van der Waals surface area contributed by atoms with Crippen LogP contribution in [0.25, 0.3) is 10.8 Å². The average Bonchev–Trinajstić information content (AvgIpc) is 2.52. The Morgan fingerprint density at radius 2 is 1.55 bits per heavy atom. The lowest BCUT2D eigenvalue weighted by Crippen LogP contribution is -2.15. The van der Waals surface area contributed by atoms with E-state index < -0.39 is 28.9 Å². The summed E-state index contributed by atoms with van der Waals surface area (Å²) < 4.78 is 39.6. The number of amides is 1. The van der Waals surface area contributed by atoms with Gasteiger partial charge in [-0.15, -0.1) is 0 Å². The Balaban J connectivity index is 1.91. The molecule has 0 saturated carbocycles. The molecule has 22 heavy (non-hydrogen) atoms. The van der Waals surface area contributed by atoms with Crippen molar-refractivity contribution >= 4 is 22.4 Å². The Bertz CT molecular complexity index is 877. The van der Waals surface area contributed by atoms with Crippen molar-refractivity contribution in [3.8, 4) is 0 Å². The number of anilines is 1. The van der Waals surface area contributed by atoms with Crippen molar-refractivity contribution in [2.75, 3.05) is 5.32 Å². The first kappa shape index (κ1) is 14.1. The molecule has 0 fully saturated rings. The van der Waals surface area contributed by atoms with Gasteiger partial charge in [0.05, 0.1) is 5.56 Å². The molecular weight excluding hydrogens is 291 g/mol. The molecule has 0 aromatic heterocycles. The molecule has 0 aliphatic rings. The van der Waals surface area contributed by atoms with Crippen molar-refractivity contribution in [1.29, 1.82) is 0 Å². The number of benzene rings is 3. The summed E-state index contributed by atoms with van der Waals surface area (Å²) in [5.74, 6) is -5.34. The molecule has 0 atom stereocenters. The highest BCUT2D eigenvalue weighted by Crippen LogP contribution is 2.21. The van der Waals surface area contributed by atoms with E-state index in [1.807, 2.05) is 24.3 Å². The summed E-state index contributed by atoms with van der Waals surface area (Å²) in [5, 5.41) is 4.35. The second-order valence-corrected chi connectivity index (χ2v) is 4.74. The van der Waals surface area contributed by atoms with Gasteiger partial charge in [0, 0.05) is 5.69 Å². The fraction of sp³-hybridized carbons (Fsp3) is 0. The van der Waals surface area contributed by atoms with Gasteiger partial charge in [0.15, 0.2) is 17.5 Å². The first-order valence-corrected chi connectivity index (χ1v) is 6.50. The molecule has 1 N–H and O–H groups in total. The van der Waals surface area contributed by atoms with Gasteiger partial charge >= 0.3 is 0 Å². The van der Waals surface area contributed by atoms with E-state index in [0.29, 0.717) is 11.8 Å². The Labute approximate surface area is 124 Å². The third-order valence-corrected chi connectivity index (χ3v) is 3.29. The van der Waals surface area contributed by atoms with E-state index in [9.17, 15) is 18.0 Å². The van der Waals surface area contributed by atoms with Crippen LogP contribution in [0.15, 0.2) is 54.6 Å². The van der Waals surface area contributed by atoms with Crippen molar-refractivity contribution in [2.24, 2.45) is 0 Å². The molecule has 0 spiro atoms. The highest BCUT2D eigenvalue weighted by Gasteiger charge is 2.18. The fourth-order valence-corrected chi connectivity index (χ4v) is 2.17. The number of nitrogens with one attached hydrogen (secondary N) is 1. The zero-order valence-electron chi connectivity index (χ0n) is 11.2. The lowest BCUT2D eigenvalue weighted by Gasteiger charge is -2.08. The maximum absolute atomic E-state index is 13.6. The smallest absolute Gasteiger partial charge is 0.258 e. The number of halogens is 3. The zero-order valence-corrected chi connectivity index (χ0v) is 11.2. The molecule has 0 heterocycles. The van der Waals surface area contributed by atoms with E-state index in [-0.39, 0.29) is 0 Å². The zero-order chi connectivity index (χ0) is 15.7. The van der Waals surface area contributed by atoms with Gasteiger partial charge in [-0.1, -0.05) is 30.3 Å². The number of carbonyl (C=O) groups excluding carboxylic acids is 1. The number of carbonyl (C=O) groups is 1. The summed E-state index contributed by atoms with van der Waals surface area (Å²) in [6, 6.07) is 14.3. The predicted octanol–water partition coefficient (Wildman–Crippen LogP) is 4.51. The molecule has 5 heteroatoms. The molecule has 0 aliphatic heterocycles. The topological polar surface area (TPSA) is 29.1 Å². The highest BCUT2D eigenvalue weighted by atomic mass is 19.2. The van der Waals surface area contributed by atoms with Crippen LogP contribution in [-0.2, 0) is 0 Å². The van der Waals surface area contributed by atoms with Gasteiger partial charge < -0.3 is 5.32 Å². The largest absolute Gasteiger partial charge is 0.322 e. The summed E-state index contributed by atoms with van der Waals surface area (Å²) in [5.41, 5.74) is -0.111. The standard InChI is InChI=1S/C17H10F3NO/c18-14-8-7-13(15(19)16(14)20)17(22)21-12-6-5-10-3-1-2-4-11(10)9-12/h1-9H,(H,21,22). The van der Waals surface area contributed by atoms with Crippen molar-refractivity contribution in [3.63, 3.8) is 0 Å². The van der Waals surface area contributed by atoms with E-state index in [2.05, 4.69) is 5.32 Å². The third-order valence-electron chi connectivity index (χ3n) is 3.29. The number of hydrogen-bond donors (Lipinski definition) is 1. The second-order valence-electron chi connectivity index (χ2n) is 4.74. The molecule has 2 nitrogen and oxygen atoms in total. The molecule has 3 aromatic rings. The molecule has 110 valence electrons. The van der Waals surface area contributed by atoms with E-state index in [0.717, 1.165) is 16.8 Å². The van der Waals surface area contributed by atoms with Gasteiger partial charge in [-0.25, -0.2) is 13.2 Å². The minimum atomic E-state index is -1.66. The summed E-state index contributed by atoms with van der Waals surface area (Å²) in [6.07, 6.45) is 0. The van der Waals surface area contributed by atoms with Crippen molar-refractivity contribution in [2.45, 2.75) is 0 Å². The van der Waals surface area contributed by atoms with Gasteiger partial charge in [0.2, 0.25) is 0 Å². The van der Waals surface area contributed by atoms with E-state index in [4.69, 9.17) is 0 Å². The summed E-state index contributed by atoms with van der Waals surface area (Å²) in [7, 11) is 0. The molecule has 0 unspecified atom stereocenters. The van der Waals surface area contributed by atoms with Crippen LogP contribution in [0.1, 0.15) is 10.4 Å². The van der Waals surface area contributed by atoms with Gasteiger partial charge in [-0.2, -0.15) is 0 Å². The van der Waals surface area contributed by atoms with Crippen molar-refractivity contribution < 1.29 is 18.0 Å². The average molecular weight is 301 g/mol. The number of rotatable bonds is 2. The summed E-state index contributed by atoms with van der Waals surface area (Å²) >= 11 is 0. The van der Waals surface area contributed by atoms with Crippen LogP contribution in [0.5, 0.6) is 0 Å². The molecule has 3 aromatic carbocycles. The van der Waals surface area contributed by atoms with Gasteiger partial charge in [0.1, 0.15) is 0 Å². The van der Waals surface area contributed by atoms with E-state index in [1.54, 1.807) is 18.2 Å². The molecule has 0 saturated heterocycles. The predicted molar refractivity (Wildman–Crippen MR) is 78.2 cm³/mol. The first-order valence-electron chi connectivity index (χ1n) is 6.50. The van der Waals surface area contributed by atoms with Crippen molar-refractivity contribution in [1.82, 2.24) is 0 Å². The van der Waals surface area contributed by atoms with Crippen LogP contribution in [0.3, 0.4) is 0 Å². The van der Waals surface area contributed by atoms with E-state index >= 15 is 0 Å². The molecule has 0 aliphatic carbocycles. The molecular formula is C17H10F3NO. The maximum Gasteiger partial charge on any atom is 0.258 e. The Morgan fingerprint density at radius 3 is 2.32 bits per heavy atom. The van der Waals surface area contributed by atoms with Gasteiger partial charge in [-0.3, -0.25) is 4.79 Å². The van der Waals surface area contributed by atoms with Crippen LogP contribution < -0.4 is 5.32 Å². The monoisotopic (exact) mass is 301 g/mol. The second kappa shape index (κ2) is 5.52. The Kier molecular flexibility index (Phi) is 3.55. The quantitative estimate of drug-likeness (QED) is 0.693. The van der Waals surface area contributed by atoms with Crippen LogP contribution in [-0.4, -0.2) is 5.91 Å². The van der Waals surface area contributed by atoms with Gasteiger partial charge in [-0.05, 0) is 35.0 Å². The molecule has 0 bridgehead atoms. The minimum absolute atomic E-state index is 0.438. The number of hydrogen-bond acceptors (Lipinski definition) is 1. The fourth-order valence-electron chi connectivity index (χ4n) is 2.17. The van der Waals surface area contributed by atoms with Crippen LogP contribution in [0.2, 0.25) is 0 Å². The molecule has 0 radical (unpaired) electrons. The van der Waals surface area contributed by atoms with Gasteiger partial charge in [0.25, 0.3) is 5.91 Å². The molecule has 1 amide bonds. The lowest BCUT2D eigenvalue weighted by molar-refractivity contribution is 0.102. The Hall–Kier alpha value is -2.82. The molecule has 3 rings (SSSR count). The lowest BCUT2D eigenvalue weighted by atomic mass is 10.1. The maximum atomic E-state index is 13.6. The SMILES string of the molecule is O=C(Nc1ccc2ccccc2c1)c1ccc(F)c(F)c1F. The first-order chi connectivity index (χ1) is 10.6. The van der Waals surface area contributed by atoms with Crippen LogP contribution >= 0.6 is 0 Å². The normalized spacial score (nSPS) is 10.7. The minimum Gasteiger partial charge on any atom is -0.322 e. The summed E-state index contributed by atoms with van der Waals surface area (Å²) in [6.45, 7) is 0. The summed E-state index contributed by atoms with van der Waals surface area (Å²) in [4.78, 5) is 12.0. The third kappa shape index (κ3) is 2.53. The highest BCUT2D eigenvalue weighted by molar-refractivity contribution is 6.05. The van der Waals surface area contributed by atoms with Crippen molar-refractivity contribution in [3.05, 3.63) is 77.6 Å². The van der Waals surface area contributed by atoms with E-state index in [1.165, 1.54) is 0 Å². The number of fused-ring (bicyclic) bond motifs is 1.